The number of aromatic nitrogens is 10. The van der Waals surface area contributed by atoms with Crippen molar-refractivity contribution < 1.29 is 46.2 Å². The summed E-state index contributed by atoms with van der Waals surface area (Å²) in [6.45, 7) is -2.97. The Balaban J connectivity index is 0.000000206. The monoisotopic (exact) mass is 1010 g/mol. The second-order valence-corrected chi connectivity index (χ2v) is 16.3. The first-order valence-electron chi connectivity index (χ1n) is 20.6. The lowest BCUT2D eigenvalue weighted by Gasteiger charge is -2.16. The number of hydrogen-bond acceptors (Lipinski definition) is 12. The number of carbonyl (C=O) groups excluding carboxylic acids is 4. The molecule has 8 rings (SSSR count). The maximum Gasteiger partial charge on any atom is 0.387 e. The Bertz CT molecular complexity index is 3020. The van der Waals surface area contributed by atoms with E-state index in [1.54, 1.807) is 66.6 Å². The van der Waals surface area contributed by atoms with Crippen LogP contribution in [0, 0.1) is 0 Å². The van der Waals surface area contributed by atoms with Crippen molar-refractivity contribution in [2.45, 2.75) is 39.2 Å². The van der Waals surface area contributed by atoms with Crippen molar-refractivity contribution in [1.82, 2.24) is 58.6 Å². The van der Waals surface area contributed by atoms with Crippen LogP contribution in [0.25, 0.3) is 33.8 Å². The number of likely N-dealkylation sites (N-methyl/N-ethyl adjacent to an activating group) is 2. The van der Waals surface area contributed by atoms with Gasteiger partial charge in [0.1, 0.15) is 46.1 Å². The molecule has 20 nitrogen and oxygen atoms in total. The van der Waals surface area contributed by atoms with Crippen molar-refractivity contribution in [3.05, 3.63) is 119 Å². The summed E-state index contributed by atoms with van der Waals surface area (Å²) in [5.41, 5.74) is 1.66. The minimum Gasteiger partial charge on any atom is -0.434 e. The number of rotatable bonds is 14. The standard InChI is InChI=1S/2C22H20ClF2N7O3/c2*1-12(21(34)30(2)3)32-11-16(28-20(33)15-10-27-31-8-4-7-26-19(15)31)18(29-32)14-9-13(23)5-6-17(14)35-22(24)25/h2*4-12,22H,1-3H3,(H,28,33). The second-order valence-electron chi connectivity index (χ2n) is 15.4. The summed E-state index contributed by atoms with van der Waals surface area (Å²) in [6.07, 6.45) is 11.9. The number of halogens is 6. The highest BCUT2D eigenvalue weighted by Crippen LogP contribution is 2.39. The summed E-state index contributed by atoms with van der Waals surface area (Å²) in [5, 5.41) is 23.0. The smallest absolute Gasteiger partial charge is 0.387 e. The number of amides is 4. The molecule has 0 saturated carbocycles. The molecular formula is C44H40Cl2F4N14O6. The van der Waals surface area contributed by atoms with Gasteiger partial charge < -0.3 is 29.9 Å². The lowest BCUT2D eigenvalue weighted by atomic mass is 10.1. The minimum atomic E-state index is -3.10. The second kappa shape index (κ2) is 21.0. The number of hydrogen-bond donors (Lipinski definition) is 2. The number of benzene rings is 2. The molecule has 364 valence electrons. The van der Waals surface area contributed by atoms with Crippen LogP contribution in [-0.4, -0.2) is 124 Å². The van der Waals surface area contributed by atoms with Gasteiger partial charge in [-0.1, -0.05) is 23.2 Å². The van der Waals surface area contributed by atoms with Crippen LogP contribution >= 0.6 is 23.2 Å². The Morgan fingerprint density at radius 1 is 0.629 bits per heavy atom. The first-order valence-corrected chi connectivity index (χ1v) is 21.4. The predicted molar refractivity (Wildman–Crippen MR) is 247 cm³/mol. The molecule has 0 bridgehead atoms. The van der Waals surface area contributed by atoms with E-state index in [9.17, 15) is 36.7 Å². The van der Waals surface area contributed by atoms with E-state index in [-0.39, 0.29) is 78.4 Å². The summed E-state index contributed by atoms with van der Waals surface area (Å²) >= 11 is 12.2. The first-order chi connectivity index (χ1) is 33.3. The Hall–Kier alpha value is -8.12. The van der Waals surface area contributed by atoms with E-state index < -0.39 is 37.1 Å². The zero-order valence-corrected chi connectivity index (χ0v) is 39.1. The molecule has 2 atom stereocenters. The van der Waals surface area contributed by atoms with Gasteiger partial charge in [0, 0.05) is 74.2 Å². The summed E-state index contributed by atoms with van der Waals surface area (Å²) in [6, 6.07) is 9.91. The molecule has 2 N–H and O–H groups in total. The molecule has 0 aliphatic rings. The van der Waals surface area contributed by atoms with Crippen LogP contribution in [0.1, 0.15) is 46.6 Å². The minimum absolute atomic E-state index is 0.0827. The SMILES string of the molecule is CC(C(=O)N(C)C)n1cc(NC(=O)c2cnn3cccnc23)c(-c2cc(Cl)ccc2OC(F)F)n1.CC(C(=O)N(C)C)n1cc(NC(=O)c2cnn3cccnc23)c(-c2cc(Cl)ccc2OC(F)F)n1. The van der Waals surface area contributed by atoms with E-state index in [1.165, 1.54) is 102 Å². The molecule has 2 aromatic carbocycles. The zero-order valence-electron chi connectivity index (χ0n) is 37.6. The quantitative estimate of drug-likeness (QED) is 0.101. The van der Waals surface area contributed by atoms with Gasteiger partial charge in [0.2, 0.25) is 11.8 Å². The van der Waals surface area contributed by atoms with Gasteiger partial charge >= 0.3 is 13.2 Å². The molecule has 2 unspecified atom stereocenters. The molecule has 0 radical (unpaired) electrons. The van der Waals surface area contributed by atoms with Crippen molar-refractivity contribution in [1.29, 1.82) is 0 Å². The Morgan fingerprint density at radius 3 is 1.37 bits per heavy atom. The van der Waals surface area contributed by atoms with Crippen LogP contribution in [0.5, 0.6) is 11.5 Å². The number of carbonyl (C=O) groups is 4. The Kier molecular flexibility index (Phi) is 15.0. The molecule has 0 fully saturated rings. The average Bonchev–Trinajstić information content (AvgIpc) is 4.14. The number of anilines is 2. The van der Waals surface area contributed by atoms with Crippen LogP contribution in [0.3, 0.4) is 0 Å². The number of alkyl halides is 4. The average molecular weight is 1010 g/mol. The fraction of sp³-hybridized carbons (Fsp3) is 0.227. The van der Waals surface area contributed by atoms with Crippen LogP contribution in [0.15, 0.2) is 98.1 Å². The number of fused-ring (bicyclic) bond motifs is 2. The fourth-order valence-corrected chi connectivity index (χ4v) is 7.20. The van der Waals surface area contributed by atoms with Crippen molar-refractivity contribution in [2.75, 3.05) is 38.8 Å². The maximum absolute atomic E-state index is 13.1. The summed E-state index contributed by atoms with van der Waals surface area (Å²) in [4.78, 5) is 62.4. The third-order valence-corrected chi connectivity index (χ3v) is 10.7. The lowest BCUT2D eigenvalue weighted by Crippen LogP contribution is -2.30. The van der Waals surface area contributed by atoms with Crippen molar-refractivity contribution in [2.24, 2.45) is 0 Å². The summed E-state index contributed by atoms with van der Waals surface area (Å²) < 4.78 is 67.1. The van der Waals surface area contributed by atoms with Crippen LogP contribution in [0.4, 0.5) is 28.9 Å². The molecular weight excluding hydrogens is 967 g/mol. The molecule has 70 heavy (non-hydrogen) atoms. The van der Waals surface area contributed by atoms with Gasteiger partial charge in [-0.05, 0) is 62.4 Å². The van der Waals surface area contributed by atoms with Crippen LogP contribution in [0.2, 0.25) is 10.0 Å². The van der Waals surface area contributed by atoms with E-state index in [4.69, 9.17) is 23.2 Å². The van der Waals surface area contributed by atoms with E-state index >= 15 is 0 Å². The van der Waals surface area contributed by atoms with Crippen molar-refractivity contribution in [3.63, 3.8) is 0 Å². The Labute approximate surface area is 404 Å². The van der Waals surface area contributed by atoms with E-state index in [0.29, 0.717) is 11.3 Å². The molecule has 8 aromatic rings. The highest BCUT2D eigenvalue weighted by Gasteiger charge is 2.28. The van der Waals surface area contributed by atoms with Crippen LogP contribution < -0.4 is 20.1 Å². The summed E-state index contributed by atoms with van der Waals surface area (Å²) in [5.74, 6) is -2.06. The molecule has 0 aliphatic carbocycles. The van der Waals surface area contributed by atoms with Crippen molar-refractivity contribution in [3.8, 4) is 34.0 Å². The van der Waals surface area contributed by atoms with Crippen molar-refractivity contribution >= 4 is 69.5 Å². The van der Waals surface area contributed by atoms with Gasteiger partial charge in [-0.3, -0.25) is 28.5 Å². The fourth-order valence-electron chi connectivity index (χ4n) is 6.86. The molecule has 4 amide bonds. The van der Waals surface area contributed by atoms with Crippen LogP contribution in [-0.2, 0) is 9.59 Å². The maximum atomic E-state index is 13.1. The zero-order chi connectivity index (χ0) is 50.6. The molecule has 0 spiro atoms. The predicted octanol–water partition coefficient (Wildman–Crippen LogP) is 7.50. The van der Waals surface area contributed by atoms with Gasteiger partial charge in [-0.15, -0.1) is 0 Å². The van der Waals surface area contributed by atoms with Gasteiger partial charge in [0.15, 0.2) is 11.3 Å². The lowest BCUT2D eigenvalue weighted by molar-refractivity contribution is -0.132. The van der Waals surface area contributed by atoms with E-state index in [1.807, 2.05) is 0 Å². The largest absolute Gasteiger partial charge is 0.434 e. The molecule has 0 aliphatic heterocycles. The highest BCUT2D eigenvalue weighted by atomic mass is 35.5. The van der Waals surface area contributed by atoms with Gasteiger partial charge in [0.25, 0.3) is 11.8 Å². The first kappa shape index (κ1) is 49.8. The number of ether oxygens (including phenoxy) is 2. The third-order valence-electron chi connectivity index (χ3n) is 10.2. The normalized spacial score (nSPS) is 12.1. The van der Waals surface area contributed by atoms with Gasteiger partial charge in [-0.2, -0.15) is 38.0 Å². The molecule has 26 heteroatoms. The molecule has 6 aromatic heterocycles. The van der Waals surface area contributed by atoms with E-state index in [2.05, 4.69) is 50.5 Å². The third kappa shape index (κ3) is 10.9. The van der Waals surface area contributed by atoms with Gasteiger partial charge in [0.05, 0.1) is 36.2 Å². The summed E-state index contributed by atoms with van der Waals surface area (Å²) in [7, 11) is 6.37. The number of nitrogens with zero attached hydrogens (tertiary/aromatic N) is 12. The highest BCUT2D eigenvalue weighted by molar-refractivity contribution is 6.31. The number of nitrogens with one attached hydrogen (secondary N) is 2. The van der Waals surface area contributed by atoms with Gasteiger partial charge in [-0.25, -0.2) is 19.0 Å². The topological polar surface area (TPSA) is 213 Å². The van der Waals surface area contributed by atoms with E-state index in [0.717, 1.165) is 0 Å². The molecule has 6 heterocycles. The Morgan fingerprint density at radius 2 is 1.01 bits per heavy atom. The molecule has 0 saturated heterocycles.